The molecule has 1 aliphatic rings. The molecule has 0 unspecified atom stereocenters. The highest BCUT2D eigenvalue weighted by Gasteiger charge is 2.55. The summed E-state index contributed by atoms with van der Waals surface area (Å²) in [4.78, 5) is 13.4. The lowest BCUT2D eigenvalue weighted by molar-refractivity contribution is -0.0928. The van der Waals surface area contributed by atoms with Crippen molar-refractivity contribution in [2.45, 2.75) is 108 Å². The first-order valence-corrected chi connectivity index (χ1v) is 25.6. The maximum Gasteiger partial charge on any atom is 0.226 e. The van der Waals surface area contributed by atoms with Crippen LogP contribution in [0.1, 0.15) is 64.5 Å². The Labute approximate surface area is 344 Å². The van der Waals surface area contributed by atoms with Crippen molar-refractivity contribution in [1.29, 1.82) is 0 Å². The lowest BCUT2D eigenvalue weighted by atomic mass is 9.80. The second kappa shape index (κ2) is 16.1. The van der Waals surface area contributed by atoms with Crippen LogP contribution in [-0.2, 0) is 23.9 Å². The zero-order chi connectivity index (χ0) is 41.6. The smallest absolute Gasteiger partial charge is 0.226 e. The molecule has 306 valence electrons. The average molecular weight is 833 g/mol. The van der Waals surface area contributed by atoms with E-state index < -0.39 is 46.8 Å². The van der Waals surface area contributed by atoms with Crippen LogP contribution in [-0.4, -0.2) is 75.3 Å². The lowest BCUT2D eigenvalue weighted by Crippen LogP contribution is -2.54. The molecule has 11 nitrogen and oxygen atoms in total. The van der Waals surface area contributed by atoms with Gasteiger partial charge in [-0.05, 0) is 88.8 Å². The molecule has 1 saturated heterocycles. The highest BCUT2D eigenvalue weighted by Crippen LogP contribution is 2.48. The maximum absolute atomic E-state index is 7.48. The van der Waals surface area contributed by atoms with Crippen LogP contribution in [0.5, 0.6) is 11.5 Å². The molecule has 3 heterocycles. The largest absolute Gasteiger partial charge is 0.497 e. The predicted octanol–water partition coefficient (Wildman–Crippen LogP) is 9.77. The van der Waals surface area contributed by atoms with Crippen molar-refractivity contribution >= 4 is 45.2 Å². The van der Waals surface area contributed by atoms with Crippen LogP contribution in [0, 0.1) is 0 Å². The minimum atomic E-state index is -2.47. The molecule has 0 bridgehead atoms. The number of anilines is 1. The third kappa shape index (κ3) is 8.38. The molecule has 5 aromatic rings. The Balaban J connectivity index is 1.54. The molecule has 0 radical (unpaired) electrons. The van der Waals surface area contributed by atoms with E-state index in [4.69, 9.17) is 45.1 Å². The highest BCUT2D eigenvalue weighted by atomic mass is 35.5. The topological polar surface area (TPSA) is 125 Å². The monoisotopic (exact) mass is 831 g/mol. The van der Waals surface area contributed by atoms with E-state index >= 15 is 0 Å². The van der Waals surface area contributed by atoms with Crippen molar-refractivity contribution in [3.05, 3.63) is 107 Å². The number of nitrogens with two attached hydrogens (primary N) is 1. The molecular weight excluding hydrogens is 774 g/mol. The number of imidazole rings is 1. The van der Waals surface area contributed by atoms with Crippen molar-refractivity contribution in [2.75, 3.05) is 26.6 Å². The summed E-state index contributed by atoms with van der Waals surface area (Å²) >= 11 is 6.41. The van der Waals surface area contributed by atoms with Gasteiger partial charge >= 0.3 is 0 Å². The molecule has 2 N–H and O–H groups in total. The number of rotatable bonds is 13. The van der Waals surface area contributed by atoms with Crippen LogP contribution in [0.15, 0.2) is 85.2 Å². The molecule has 0 amide bonds. The standard InChI is InChI=1S/C43H58ClN5O6Si2/c1-41(2,3)56(9,10)54-35-33(53-39(36(35)55-57(11,12)42(4,5)6)49-27-46-34-37(45)47-40(44)48-38(34)49)26-52-43(28-16-14-13-15-17-28,29-18-22-31(50-7)23-19-29)30-20-24-32(51-8)25-21-30/h13-25,27,33,35-36,39H,26H2,1-12H3,(H2,45,47,48)/t33-,35-,36-,39-/m1/s1. The SMILES string of the molecule is COc1ccc(C(OC[C@H]2O[C@@H](n3cnc4c(N)nc(Cl)nc43)[C@H](O[Si](C)(C)C(C)(C)C)[C@@H]2O[Si](C)(C)C(C)(C)C)(c2ccccc2)c2ccc(OC)cc2)cc1. The van der Waals surface area contributed by atoms with Gasteiger partial charge in [-0.2, -0.15) is 9.97 Å². The van der Waals surface area contributed by atoms with Crippen molar-refractivity contribution in [3.8, 4) is 11.5 Å². The van der Waals surface area contributed by atoms with E-state index in [1.54, 1.807) is 20.5 Å². The molecule has 1 aliphatic heterocycles. The number of aromatic nitrogens is 4. The van der Waals surface area contributed by atoms with E-state index in [-0.39, 0.29) is 27.8 Å². The third-order valence-electron chi connectivity index (χ3n) is 12.1. The maximum atomic E-state index is 7.48. The fraction of sp³-hybridized carbons (Fsp3) is 0.465. The Kier molecular flexibility index (Phi) is 12.1. The van der Waals surface area contributed by atoms with E-state index in [9.17, 15) is 0 Å². The number of benzene rings is 3. The molecular formula is C43H58ClN5O6Si2. The number of fused-ring (bicyclic) bond motifs is 1. The summed E-state index contributed by atoms with van der Waals surface area (Å²) in [6.45, 7) is 22.5. The van der Waals surface area contributed by atoms with Gasteiger partial charge in [0.05, 0.1) is 27.2 Å². The van der Waals surface area contributed by atoms with Gasteiger partial charge in [-0.1, -0.05) is 96.1 Å². The van der Waals surface area contributed by atoms with Gasteiger partial charge in [0.1, 0.15) is 40.9 Å². The second-order valence-corrected chi connectivity index (χ2v) is 27.6. The molecule has 6 rings (SSSR count). The number of nitrogens with zero attached hydrogens (tertiary/aromatic N) is 4. The molecule has 1 fully saturated rings. The van der Waals surface area contributed by atoms with Crippen molar-refractivity contribution < 1.29 is 27.8 Å². The first-order valence-electron chi connectivity index (χ1n) is 19.4. The van der Waals surface area contributed by atoms with Gasteiger partial charge in [-0.15, -0.1) is 0 Å². The Morgan fingerprint density at radius 2 is 1.21 bits per heavy atom. The molecule has 14 heteroatoms. The van der Waals surface area contributed by atoms with Crippen LogP contribution in [0.3, 0.4) is 0 Å². The average Bonchev–Trinajstić information content (AvgIpc) is 3.72. The van der Waals surface area contributed by atoms with Gasteiger partial charge in [0.2, 0.25) is 5.28 Å². The Bertz CT molecular complexity index is 2090. The number of hydrogen-bond donors (Lipinski definition) is 1. The molecule has 2 aromatic heterocycles. The second-order valence-electron chi connectivity index (χ2n) is 17.8. The number of halogens is 1. The van der Waals surface area contributed by atoms with Crippen LogP contribution in [0.4, 0.5) is 5.82 Å². The zero-order valence-electron chi connectivity index (χ0n) is 35.3. The van der Waals surface area contributed by atoms with Crippen LogP contribution >= 0.6 is 11.6 Å². The molecule has 0 spiro atoms. The highest BCUT2D eigenvalue weighted by molar-refractivity contribution is 6.74. The van der Waals surface area contributed by atoms with Crippen molar-refractivity contribution in [3.63, 3.8) is 0 Å². The zero-order valence-corrected chi connectivity index (χ0v) is 38.0. The van der Waals surface area contributed by atoms with E-state index in [0.717, 1.165) is 28.2 Å². The Morgan fingerprint density at radius 1 is 0.719 bits per heavy atom. The predicted molar refractivity (Wildman–Crippen MR) is 231 cm³/mol. The summed E-state index contributed by atoms with van der Waals surface area (Å²) in [7, 11) is -1.61. The lowest BCUT2D eigenvalue weighted by Gasteiger charge is -2.44. The van der Waals surface area contributed by atoms with Gasteiger partial charge < -0.3 is 33.5 Å². The minimum absolute atomic E-state index is 0.0159. The van der Waals surface area contributed by atoms with Gasteiger partial charge in [0, 0.05) is 0 Å². The van der Waals surface area contributed by atoms with Gasteiger partial charge in [-0.3, -0.25) is 4.57 Å². The number of methoxy groups -OCH3 is 2. The van der Waals surface area contributed by atoms with E-state index in [1.165, 1.54) is 0 Å². The van der Waals surface area contributed by atoms with Crippen molar-refractivity contribution in [1.82, 2.24) is 19.5 Å². The fourth-order valence-electron chi connectivity index (χ4n) is 6.75. The summed E-state index contributed by atoms with van der Waals surface area (Å²) < 4.78 is 42.6. The molecule has 4 atom stereocenters. The Hall–Kier alpha value is -3.83. The summed E-state index contributed by atoms with van der Waals surface area (Å²) in [5.74, 6) is 1.66. The van der Waals surface area contributed by atoms with Gasteiger partial charge in [-0.25, -0.2) is 4.98 Å². The number of hydrogen-bond acceptors (Lipinski definition) is 10. The Morgan fingerprint density at radius 3 is 1.70 bits per heavy atom. The third-order valence-corrected chi connectivity index (χ3v) is 21.2. The first kappa shape index (κ1) is 42.8. The number of ether oxygens (including phenoxy) is 4. The molecule has 0 saturated carbocycles. The van der Waals surface area contributed by atoms with E-state index in [2.05, 4.69) is 94.8 Å². The van der Waals surface area contributed by atoms with Crippen LogP contribution < -0.4 is 15.2 Å². The van der Waals surface area contributed by atoms with E-state index in [1.807, 2.05) is 71.3 Å². The summed E-state index contributed by atoms with van der Waals surface area (Å²) in [5, 5.41) is -0.220. The molecule has 0 aliphatic carbocycles. The minimum Gasteiger partial charge on any atom is -0.497 e. The fourth-order valence-corrected chi connectivity index (χ4v) is 9.52. The van der Waals surface area contributed by atoms with Crippen LogP contribution in [0.25, 0.3) is 11.2 Å². The molecule has 3 aromatic carbocycles. The van der Waals surface area contributed by atoms with Gasteiger partial charge in [0.15, 0.2) is 34.3 Å². The quantitative estimate of drug-likeness (QED) is 0.0697. The normalized spacial score (nSPS) is 19.6. The van der Waals surface area contributed by atoms with E-state index in [0.29, 0.717) is 11.2 Å². The summed E-state index contributed by atoms with van der Waals surface area (Å²) in [6.07, 6.45) is -0.767. The first-order chi connectivity index (χ1) is 26.7. The van der Waals surface area contributed by atoms with Crippen LogP contribution in [0.2, 0.25) is 41.5 Å². The van der Waals surface area contributed by atoms with Gasteiger partial charge in [0.25, 0.3) is 0 Å². The molecule has 57 heavy (non-hydrogen) atoms. The number of nitrogen functional groups attached to an aromatic ring is 1. The summed E-state index contributed by atoms with van der Waals surface area (Å²) in [5.41, 5.74) is 8.86. The van der Waals surface area contributed by atoms with Crippen molar-refractivity contribution in [2.24, 2.45) is 0 Å². The summed E-state index contributed by atoms with van der Waals surface area (Å²) in [6, 6.07) is 26.2.